The van der Waals surface area contributed by atoms with E-state index in [2.05, 4.69) is 31.0 Å². The van der Waals surface area contributed by atoms with Gasteiger partial charge in [0.15, 0.2) is 0 Å². The number of hydrogen-bond donors (Lipinski definition) is 1. The van der Waals surface area contributed by atoms with Crippen molar-refractivity contribution in [3.8, 4) is 0 Å². The minimum Gasteiger partial charge on any atom is -0.314 e. The molecule has 1 N–H and O–H groups in total. The van der Waals surface area contributed by atoms with Gasteiger partial charge in [-0.1, -0.05) is 27.2 Å². The van der Waals surface area contributed by atoms with Gasteiger partial charge in [-0.05, 0) is 44.2 Å². The number of nitrogens with one attached hydrogen (secondary N) is 1. The van der Waals surface area contributed by atoms with Gasteiger partial charge in [-0.25, -0.2) is 0 Å². The normalized spacial score (nSPS) is 39.9. The largest absolute Gasteiger partial charge is 0.314 e. The molecule has 1 saturated carbocycles. The van der Waals surface area contributed by atoms with Crippen LogP contribution in [0.4, 0.5) is 0 Å². The Morgan fingerprint density at radius 2 is 2.12 bits per heavy atom. The molecule has 1 aliphatic heterocycles. The summed E-state index contributed by atoms with van der Waals surface area (Å²) in [5.41, 5.74) is 0. The lowest BCUT2D eigenvalue weighted by atomic mass is 9.93. The summed E-state index contributed by atoms with van der Waals surface area (Å²) >= 11 is 0. The van der Waals surface area contributed by atoms with Gasteiger partial charge in [0.2, 0.25) is 0 Å². The molecular formula is C14H28N2. The predicted octanol–water partition coefficient (Wildman–Crippen LogP) is 2.49. The maximum atomic E-state index is 3.62. The molecule has 2 nitrogen and oxygen atoms in total. The standard InChI is InChI=1S/C14H28N2/c1-4-6-12-9-14(12)16-8-7-13(15-5-2)11(3)10-16/h11-15H,4-10H2,1-3H3. The van der Waals surface area contributed by atoms with Crippen molar-refractivity contribution in [1.29, 1.82) is 0 Å². The van der Waals surface area contributed by atoms with E-state index in [1.165, 1.54) is 38.8 Å². The Morgan fingerprint density at radius 1 is 1.31 bits per heavy atom. The zero-order valence-corrected chi connectivity index (χ0v) is 11.2. The van der Waals surface area contributed by atoms with Crippen LogP contribution in [0.2, 0.25) is 0 Å². The molecule has 2 aliphatic rings. The van der Waals surface area contributed by atoms with Gasteiger partial charge < -0.3 is 5.32 Å². The van der Waals surface area contributed by atoms with Crippen LogP contribution in [0.5, 0.6) is 0 Å². The fourth-order valence-corrected chi connectivity index (χ4v) is 3.40. The SMILES string of the molecule is CCCC1CC1N1CCC(NCC)C(C)C1. The molecule has 1 aliphatic carbocycles. The van der Waals surface area contributed by atoms with Gasteiger partial charge in [-0.15, -0.1) is 0 Å². The quantitative estimate of drug-likeness (QED) is 0.772. The third-order valence-electron chi connectivity index (χ3n) is 4.42. The van der Waals surface area contributed by atoms with Gasteiger partial charge in [0.05, 0.1) is 0 Å². The summed E-state index contributed by atoms with van der Waals surface area (Å²) < 4.78 is 0. The van der Waals surface area contributed by atoms with Gasteiger partial charge in [-0.3, -0.25) is 4.90 Å². The molecule has 1 heterocycles. The Labute approximate surface area is 101 Å². The van der Waals surface area contributed by atoms with Crippen molar-refractivity contribution < 1.29 is 0 Å². The van der Waals surface area contributed by atoms with Crippen molar-refractivity contribution in [3.63, 3.8) is 0 Å². The lowest BCUT2D eigenvalue weighted by Crippen LogP contribution is -2.49. The maximum Gasteiger partial charge on any atom is 0.0127 e. The minimum absolute atomic E-state index is 0.768. The molecule has 2 fully saturated rings. The minimum atomic E-state index is 0.768. The first-order chi connectivity index (χ1) is 7.76. The molecule has 16 heavy (non-hydrogen) atoms. The van der Waals surface area contributed by atoms with Gasteiger partial charge in [-0.2, -0.15) is 0 Å². The van der Waals surface area contributed by atoms with Crippen molar-refractivity contribution in [3.05, 3.63) is 0 Å². The first kappa shape index (κ1) is 12.4. The van der Waals surface area contributed by atoms with E-state index in [4.69, 9.17) is 0 Å². The van der Waals surface area contributed by atoms with Crippen LogP contribution in [0.1, 0.15) is 46.5 Å². The Kier molecular flexibility index (Phi) is 4.26. The van der Waals surface area contributed by atoms with E-state index in [-0.39, 0.29) is 0 Å². The van der Waals surface area contributed by atoms with Crippen LogP contribution >= 0.6 is 0 Å². The van der Waals surface area contributed by atoms with E-state index in [1.54, 1.807) is 0 Å². The average Bonchev–Trinajstić information content (AvgIpc) is 3.01. The monoisotopic (exact) mass is 224 g/mol. The van der Waals surface area contributed by atoms with Gasteiger partial charge >= 0.3 is 0 Å². The third-order valence-corrected chi connectivity index (χ3v) is 4.42. The van der Waals surface area contributed by atoms with E-state index < -0.39 is 0 Å². The molecule has 0 aromatic rings. The second kappa shape index (κ2) is 5.50. The molecule has 0 amide bonds. The topological polar surface area (TPSA) is 15.3 Å². The highest BCUT2D eigenvalue weighted by Gasteiger charge is 2.42. The number of rotatable bonds is 5. The number of nitrogens with zero attached hydrogens (tertiary/aromatic N) is 1. The molecule has 1 saturated heterocycles. The summed E-state index contributed by atoms with van der Waals surface area (Å²) in [6, 6.07) is 1.72. The van der Waals surface area contributed by atoms with E-state index in [1.807, 2.05) is 0 Å². The summed E-state index contributed by atoms with van der Waals surface area (Å²) in [7, 11) is 0. The Balaban J connectivity index is 1.75. The summed E-state index contributed by atoms with van der Waals surface area (Å²) in [6.45, 7) is 10.7. The number of hydrogen-bond acceptors (Lipinski definition) is 2. The summed E-state index contributed by atoms with van der Waals surface area (Å²) in [4.78, 5) is 2.76. The van der Waals surface area contributed by atoms with Crippen molar-refractivity contribution in [1.82, 2.24) is 10.2 Å². The zero-order valence-electron chi connectivity index (χ0n) is 11.2. The lowest BCUT2D eigenvalue weighted by molar-refractivity contribution is 0.135. The second-order valence-electron chi connectivity index (χ2n) is 5.78. The van der Waals surface area contributed by atoms with Crippen LogP contribution in [0, 0.1) is 11.8 Å². The van der Waals surface area contributed by atoms with E-state index in [0.29, 0.717) is 0 Å². The van der Waals surface area contributed by atoms with Crippen LogP contribution in [0.15, 0.2) is 0 Å². The van der Waals surface area contributed by atoms with E-state index in [0.717, 1.165) is 30.5 Å². The molecule has 4 unspecified atom stereocenters. The predicted molar refractivity (Wildman–Crippen MR) is 69.6 cm³/mol. The number of likely N-dealkylation sites (tertiary alicyclic amines) is 1. The van der Waals surface area contributed by atoms with Crippen LogP contribution in [0.3, 0.4) is 0 Å². The van der Waals surface area contributed by atoms with Gasteiger partial charge in [0.25, 0.3) is 0 Å². The highest BCUT2D eigenvalue weighted by molar-refractivity contribution is 4.97. The molecule has 2 rings (SSSR count). The Morgan fingerprint density at radius 3 is 2.75 bits per heavy atom. The van der Waals surface area contributed by atoms with Crippen molar-refractivity contribution in [2.75, 3.05) is 19.6 Å². The molecule has 0 bridgehead atoms. The molecular weight excluding hydrogens is 196 g/mol. The molecule has 0 aromatic heterocycles. The van der Waals surface area contributed by atoms with Crippen LogP contribution in [-0.4, -0.2) is 36.6 Å². The van der Waals surface area contributed by atoms with Crippen LogP contribution < -0.4 is 5.32 Å². The van der Waals surface area contributed by atoms with Gasteiger partial charge in [0, 0.05) is 18.6 Å². The van der Waals surface area contributed by atoms with Crippen molar-refractivity contribution in [2.45, 2.75) is 58.5 Å². The van der Waals surface area contributed by atoms with Crippen LogP contribution in [-0.2, 0) is 0 Å². The molecule has 4 atom stereocenters. The first-order valence-electron chi connectivity index (χ1n) is 7.23. The fourth-order valence-electron chi connectivity index (χ4n) is 3.40. The lowest BCUT2D eigenvalue weighted by Gasteiger charge is -2.37. The van der Waals surface area contributed by atoms with E-state index in [9.17, 15) is 0 Å². The number of piperidine rings is 1. The summed E-state index contributed by atoms with van der Waals surface area (Å²) in [6.07, 6.45) is 5.65. The molecule has 0 radical (unpaired) electrons. The van der Waals surface area contributed by atoms with Crippen LogP contribution in [0.25, 0.3) is 0 Å². The highest BCUT2D eigenvalue weighted by atomic mass is 15.2. The van der Waals surface area contributed by atoms with Gasteiger partial charge in [0.1, 0.15) is 0 Å². The van der Waals surface area contributed by atoms with Crippen molar-refractivity contribution >= 4 is 0 Å². The zero-order chi connectivity index (χ0) is 11.5. The second-order valence-corrected chi connectivity index (χ2v) is 5.78. The Hall–Kier alpha value is -0.0800. The summed E-state index contributed by atoms with van der Waals surface area (Å²) in [5.74, 6) is 1.87. The molecule has 2 heteroatoms. The maximum absolute atomic E-state index is 3.62. The highest BCUT2D eigenvalue weighted by Crippen LogP contribution is 2.40. The van der Waals surface area contributed by atoms with E-state index >= 15 is 0 Å². The Bertz CT molecular complexity index is 217. The fraction of sp³-hybridized carbons (Fsp3) is 1.00. The molecule has 94 valence electrons. The average molecular weight is 224 g/mol. The summed E-state index contributed by atoms with van der Waals surface area (Å²) in [5, 5.41) is 3.62. The third kappa shape index (κ3) is 2.78. The molecule has 0 spiro atoms. The smallest absolute Gasteiger partial charge is 0.0127 e. The first-order valence-corrected chi connectivity index (χ1v) is 7.23. The van der Waals surface area contributed by atoms with Crippen molar-refractivity contribution in [2.24, 2.45) is 11.8 Å². The molecule has 0 aromatic carbocycles.